The number of carbonyl (C=O) groups is 1. The van der Waals surface area contributed by atoms with Crippen LogP contribution in [0.4, 0.5) is 0 Å². The number of rotatable bonds is 7. The Hall–Kier alpha value is -2.79. The second-order valence-corrected chi connectivity index (χ2v) is 10.8. The lowest BCUT2D eigenvalue weighted by Gasteiger charge is -2.34. The van der Waals surface area contributed by atoms with Crippen molar-refractivity contribution >= 4 is 39.0 Å². The maximum absolute atomic E-state index is 12.9. The number of piperazine rings is 1. The third-order valence-electron chi connectivity index (χ3n) is 4.93. The van der Waals surface area contributed by atoms with E-state index in [0.29, 0.717) is 11.7 Å². The number of hydrogen-bond donors (Lipinski definition) is 0. The number of benzene rings is 1. The fourth-order valence-electron chi connectivity index (χ4n) is 3.27. The van der Waals surface area contributed by atoms with Crippen LogP contribution in [-0.2, 0) is 21.4 Å². The van der Waals surface area contributed by atoms with Crippen LogP contribution in [0.1, 0.15) is 10.4 Å². The number of amides is 1. The van der Waals surface area contributed by atoms with Gasteiger partial charge >= 0.3 is 0 Å². The summed E-state index contributed by atoms with van der Waals surface area (Å²) in [5, 5.41) is 23.4. The lowest BCUT2D eigenvalue weighted by Crippen LogP contribution is -2.51. The predicted octanol–water partition coefficient (Wildman–Crippen LogP) is 1.28. The number of tetrazole rings is 1. The second kappa shape index (κ2) is 9.78. The molecular weight excluding hydrogens is 470 g/mol. The van der Waals surface area contributed by atoms with Crippen molar-refractivity contribution in [3.63, 3.8) is 0 Å². The van der Waals surface area contributed by atoms with Gasteiger partial charge in [-0.1, -0.05) is 30.0 Å². The molecule has 166 valence electrons. The first-order valence-electron chi connectivity index (χ1n) is 9.67. The Morgan fingerprint density at radius 1 is 1.16 bits per heavy atom. The Morgan fingerprint density at radius 3 is 2.66 bits per heavy atom. The maximum Gasteiger partial charge on any atom is 0.244 e. The van der Waals surface area contributed by atoms with Gasteiger partial charge in [-0.15, -0.1) is 16.4 Å². The average molecular weight is 490 g/mol. The minimum absolute atomic E-state index is 0.00425. The molecule has 0 radical (unpaired) electrons. The zero-order valence-electron chi connectivity index (χ0n) is 16.9. The van der Waals surface area contributed by atoms with Crippen molar-refractivity contribution in [1.29, 1.82) is 5.26 Å². The van der Waals surface area contributed by atoms with Crippen LogP contribution < -0.4 is 0 Å². The fraction of sp³-hybridized carbons (Fsp3) is 0.316. The van der Waals surface area contributed by atoms with E-state index < -0.39 is 10.0 Å². The predicted molar refractivity (Wildman–Crippen MR) is 118 cm³/mol. The van der Waals surface area contributed by atoms with Gasteiger partial charge in [-0.05, 0) is 34.0 Å². The van der Waals surface area contributed by atoms with Gasteiger partial charge in [0.1, 0.15) is 6.07 Å². The first-order chi connectivity index (χ1) is 15.5. The molecule has 1 aromatic carbocycles. The van der Waals surface area contributed by atoms with Crippen molar-refractivity contribution in [1.82, 2.24) is 29.4 Å². The van der Waals surface area contributed by atoms with E-state index >= 15 is 0 Å². The van der Waals surface area contributed by atoms with Gasteiger partial charge in [0, 0.05) is 31.1 Å². The van der Waals surface area contributed by atoms with Crippen LogP contribution in [0.3, 0.4) is 0 Å². The lowest BCUT2D eigenvalue weighted by atomic mass is 10.2. The van der Waals surface area contributed by atoms with Crippen LogP contribution in [0.5, 0.6) is 0 Å². The standard InChI is InChI=1S/C19H19N7O3S3/c20-12-15-4-1-2-6-17(15)32(28,29)25-9-7-24(8-10-25)18(27)14-31-19-21-22-23-26(19)13-16-5-3-11-30-16/h1-6,11H,7-10,13-14H2. The molecule has 2 aromatic heterocycles. The highest BCUT2D eigenvalue weighted by Crippen LogP contribution is 2.22. The molecule has 3 aromatic rings. The Bertz CT molecular complexity index is 1230. The SMILES string of the molecule is N#Cc1ccccc1S(=O)(=O)N1CCN(C(=O)CSc2nnnn2Cc2cccs2)CC1. The summed E-state index contributed by atoms with van der Waals surface area (Å²) in [7, 11) is -3.79. The molecule has 0 bridgehead atoms. The molecule has 1 aliphatic rings. The van der Waals surface area contributed by atoms with Gasteiger partial charge in [0.15, 0.2) is 0 Å². The summed E-state index contributed by atoms with van der Waals surface area (Å²) in [6.07, 6.45) is 0. The van der Waals surface area contributed by atoms with Crippen LogP contribution in [0.15, 0.2) is 51.8 Å². The van der Waals surface area contributed by atoms with Crippen LogP contribution in [-0.4, -0.2) is 75.7 Å². The van der Waals surface area contributed by atoms with Crippen molar-refractivity contribution in [2.45, 2.75) is 16.6 Å². The molecule has 0 N–H and O–H groups in total. The summed E-state index contributed by atoms with van der Waals surface area (Å²) >= 11 is 2.87. The van der Waals surface area contributed by atoms with E-state index in [1.54, 1.807) is 33.1 Å². The molecule has 0 unspecified atom stereocenters. The van der Waals surface area contributed by atoms with Crippen LogP contribution >= 0.6 is 23.1 Å². The van der Waals surface area contributed by atoms with E-state index in [1.807, 2.05) is 23.6 Å². The van der Waals surface area contributed by atoms with Gasteiger partial charge in [0.25, 0.3) is 0 Å². The lowest BCUT2D eigenvalue weighted by molar-refractivity contribution is -0.129. The number of thiophene rings is 1. The minimum atomic E-state index is -3.79. The van der Waals surface area contributed by atoms with E-state index in [1.165, 1.54) is 28.2 Å². The molecule has 13 heteroatoms. The first-order valence-corrected chi connectivity index (χ1v) is 13.0. The largest absolute Gasteiger partial charge is 0.339 e. The van der Waals surface area contributed by atoms with Gasteiger partial charge in [0.05, 0.1) is 22.8 Å². The van der Waals surface area contributed by atoms with Gasteiger partial charge in [-0.3, -0.25) is 4.79 Å². The van der Waals surface area contributed by atoms with Crippen LogP contribution in [0.25, 0.3) is 0 Å². The Balaban J connectivity index is 1.33. The molecule has 0 spiro atoms. The summed E-state index contributed by atoms with van der Waals surface area (Å²) < 4.78 is 28.8. The molecule has 32 heavy (non-hydrogen) atoms. The molecular formula is C19H19N7O3S3. The van der Waals surface area contributed by atoms with E-state index in [4.69, 9.17) is 0 Å². The van der Waals surface area contributed by atoms with Crippen LogP contribution in [0.2, 0.25) is 0 Å². The Kier molecular flexibility index (Phi) is 6.85. The second-order valence-electron chi connectivity index (χ2n) is 6.88. The number of nitrogens with zero attached hydrogens (tertiary/aromatic N) is 7. The van der Waals surface area contributed by atoms with E-state index in [9.17, 15) is 18.5 Å². The van der Waals surface area contributed by atoms with E-state index in [2.05, 4.69) is 15.5 Å². The fourth-order valence-corrected chi connectivity index (χ4v) is 6.30. The number of hydrogen-bond acceptors (Lipinski definition) is 9. The van der Waals surface area contributed by atoms with Crippen molar-refractivity contribution in [3.8, 4) is 6.07 Å². The summed E-state index contributed by atoms with van der Waals surface area (Å²) in [5.74, 6) is 0.0598. The highest BCUT2D eigenvalue weighted by Gasteiger charge is 2.31. The number of thioether (sulfide) groups is 1. The summed E-state index contributed by atoms with van der Waals surface area (Å²) in [6, 6.07) is 12.0. The number of sulfonamides is 1. The highest BCUT2D eigenvalue weighted by molar-refractivity contribution is 7.99. The van der Waals surface area contributed by atoms with E-state index in [0.717, 1.165) is 4.88 Å². The van der Waals surface area contributed by atoms with Gasteiger partial charge < -0.3 is 4.90 Å². The normalized spacial score (nSPS) is 14.9. The Labute approximate surface area is 193 Å². The molecule has 0 aliphatic carbocycles. The molecule has 1 fully saturated rings. The summed E-state index contributed by atoms with van der Waals surface area (Å²) in [6.45, 7) is 1.46. The van der Waals surface area contributed by atoms with Gasteiger partial charge in [0.2, 0.25) is 21.1 Å². The zero-order valence-corrected chi connectivity index (χ0v) is 19.3. The Morgan fingerprint density at radius 2 is 1.94 bits per heavy atom. The minimum Gasteiger partial charge on any atom is -0.339 e. The molecule has 4 rings (SSSR count). The molecule has 0 atom stereocenters. The number of nitriles is 1. The quantitative estimate of drug-likeness (QED) is 0.455. The average Bonchev–Trinajstić information content (AvgIpc) is 3.50. The smallest absolute Gasteiger partial charge is 0.244 e. The summed E-state index contributed by atoms with van der Waals surface area (Å²) in [4.78, 5) is 15.4. The van der Waals surface area contributed by atoms with Gasteiger partial charge in [-0.2, -0.15) is 9.57 Å². The molecule has 0 saturated carbocycles. The van der Waals surface area contributed by atoms with Crippen molar-refractivity contribution in [2.24, 2.45) is 0 Å². The number of aromatic nitrogens is 4. The number of carbonyl (C=O) groups excluding carboxylic acids is 1. The van der Waals surface area contributed by atoms with Crippen molar-refractivity contribution in [2.75, 3.05) is 31.9 Å². The summed E-state index contributed by atoms with van der Waals surface area (Å²) in [5.41, 5.74) is 0.114. The topological polar surface area (TPSA) is 125 Å². The third-order valence-corrected chi connectivity index (χ3v) is 8.69. The first kappa shape index (κ1) is 22.4. The molecule has 3 heterocycles. The van der Waals surface area contributed by atoms with Crippen molar-refractivity contribution in [3.05, 3.63) is 52.2 Å². The van der Waals surface area contributed by atoms with Crippen LogP contribution in [0, 0.1) is 11.3 Å². The molecule has 1 saturated heterocycles. The zero-order chi connectivity index (χ0) is 22.6. The highest BCUT2D eigenvalue weighted by atomic mass is 32.2. The molecule has 1 aliphatic heterocycles. The third kappa shape index (κ3) is 4.83. The molecule has 1 amide bonds. The molecule has 10 nitrogen and oxygen atoms in total. The maximum atomic E-state index is 12.9. The monoisotopic (exact) mass is 489 g/mol. The van der Waals surface area contributed by atoms with E-state index in [-0.39, 0.29) is 48.3 Å². The van der Waals surface area contributed by atoms with Crippen molar-refractivity contribution < 1.29 is 13.2 Å². The van der Waals surface area contributed by atoms with Gasteiger partial charge in [-0.25, -0.2) is 13.1 Å².